The van der Waals surface area contributed by atoms with E-state index in [4.69, 9.17) is 9.47 Å². The molecule has 3 aromatic rings. The van der Waals surface area contributed by atoms with Crippen molar-refractivity contribution in [2.45, 2.75) is 13.8 Å². The van der Waals surface area contributed by atoms with Crippen molar-refractivity contribution in [2.24, 2.45) is 0 Å². The van der Waals surface area contributed by atoms with Crippen molar-refractivity contribution in [3.05, 3.63) is 83.9 Å². The molecule has 4 heteroatoms. The van der Waals surface area contributed by atoms with Crippen LogP contribution in [0.3, 0.4) is 0 Å². The summed E-state index contributed by atoms with van der Waals surface area (Å²) < 4.78 is 11.6. The van der Waals surface area contributed by atoms with Gasteiger partial charge in [0.15, 0.2) is 11.6 Å². The number of hydrogen-bond donors (Lipinski definition) is 0. The summed E-state index contributed by atoms with van der Waals surface area (Å²) >= 11 is 0. The molecule has 0 aliphatic carbocycles. The lowest BCUT2D eigenvalue weighted by Crippen LogP contribution is -1.92. The topological polar surface area (TPSA) is 52.6 Å². The smallest absolute Gasteiger partial charge is 0.159 e. The minimum Gasteiger partial charge on any atom is -0.457 e. The van der Waals surface area contributed by atoms with Gasteiger partial charge in [-0.3, -0.25) is 9.59 Å². The second-order valence-corrected chi connectivity index (χ2v) is 5.84. The van der Waals surface area contributed by atoms with Crippen LogP contribution in [-0.2, 0) is 0 Å². The van der Waals surface area contributed by atoms with Gasteiger partial charge < -0.3 is 9.47 Å². The number of carbonyl (C=O) groups excluding carboxylic acids is 2. The van der Waals surface area contributed by atoms with Gasteiger partial charge in [-0.05, 0) is 74.5 Å². The fraction of sp³-hybridized carbons (Fsp3) is 0.0909. The first-order chi connectivity index (χ1) is 12.5. The molecule has 0 spiro atoms. The van der Waals surface area contributed by atoms with E-state index in [1.54, 1.807) is 54.6 Å². The van der Waals surface area contributed by atoms with Crippen molar-refractivity contribution in [1.29, 1.82) is 0 Å². The van der Waals surface area contributed by atoms with Crippen molar-refractivity contribution < 1.29 is 19.1 Å². The van der Waals surface area contributed by atoms with Crippen LogP contribution in [0.2, 0.25) is 0 Å². The Morgan fingerprint density at radius 2 is 0.962 bits per heavy atom. The lowest BCUT2D eigenvalue weighted by Gasteiger charge is -2.09. The van der Waals surface area contributed by atoms with Crippen LogP contribution in [-0.4, -0.2) is 11.6 Å². The zero-order valence-corrected chi connectivity index (χ0v) is 14.6. The molecule has 0 heterocycles. The van der Waals surface area contributed by atoms with Crippen LogP contribution in [0.15, 0.2) is 72.8 Å². The number of carbonyl (C=O) groups is 2. The monoisotopic (exact) mass is 346 g/mol. The van der Waals surface area contributed by atoms with Gasteiger partial charge in [0, 0.05) is 17.2 Å². The van der Waals surface area contributed by atoms with Crippen molar-refractivity contribution >= 4 is 11.6 Å². The van der Waals surface area contributed by atoms with Crippen molar-refractivity contribution in [3.8, 4) is 23.0 Å². The highest BCUT2D eigenvalue weighted by molar-refractivity contribution is 5.94. The highest BCUT2D eigenvalue weighted by Crippen LogP contribution is 2.28. The van der Waals surface area contributed by atoms with Gasteiger partial charge in [0.1, 0.15) is 23.0 Å². The molecule has 3 aromatic carbocycles. The first-order valence-corrected chi connectivity index (χ1v) is 8.19. The summed E-state index contributed by atoms with van der Waals surface area (Å²) in [4.78, 5) is 22.6. The molecule has 0 aliphatic heterocycles. The number of benzene rings is 3. The Kier molecular flexibility index (Phi) is 5.13. The quantitative estimate of drug-likeness (QED) is 0.539. The summed E-state index contributed by atoms with van der Waals surface area (Å²) in [6, 6.07) is 21.2. The molecule has 4 nitrogen and oxygen atoms in total. The molecule has 0 radical (unpaired) electrons. The van der Waals surface area contributed by atoms with E-state index in [1.807, 2.05) is 18.2 Å². The first-order valence-electron chi connectivity index (χ1n) is 8.19. The minimum atomic E-state index is 0.0164. The molecule has 0 amide bonds. The Balaban J connectivity index is 1.71. The lowest BCUT2D eigenvalue weighted by molar-refractivity contribution is 0.100. The molecule has 0 aliphatic rings. The summed E-state index contributed by atoms with van der Waals surface area (Å²) in [6.07, 6.45) is 0. The molecule has 0 N–H and O–H groups in total. The Bertz CT molecular complexity index is 850. The summed E-state index contributed by atoms with van der Waals surface area (Å²) in [5.41, 5.74) is 1.28. The number of Topliss-reactive ketones (excluding diaryl/α,β-unsaturated/α-hetero) is 2. The van der Waals surface area contributed by atoms with Gasteiger partial charge in [-0.2, -0.15) is 0 Å². The molecule has 3 rings (SSSR count). The second kappa shape index (κ2) is 7.66. The first kappa shape index (κ1) is 17.4. The van der Waals surface area contributed by atoms with E-state index in [0.29, 0.717) is 34.1 Å². The van der Waals surface area contributed by atoms with Crippen LogP contribution >= 0.6 is 0 Å². The average Bonchev–Trinajstić information content (AvgIpc) is 2.63. The van der Waals surface area contributed by atoms with Gasteiger partial charge in [-0.15, -0.1) is 0 Å². The number of hydrogen-bond acceptors (Lipinski definition) is 4. The van der Waals surface area contributed by atoms with E-state index in [-0.39, 0.29) is 11.6 Å². The number of ether oxygens (including phenoxy) is 2. The minimum absolute atomic E-state index is 0.0164. The second-order valence-electron chi connectivity index (χ2n) is 5.84. The largest absolute Gasteiger partial charge is 0.457 e. The maximum atomic E-state index is 11.3. The molecule has 0 saturated heterocycles. The Morgan fingerprint density at radius 3 is 1.31 bits per heavy atom. The molecule has 0 saturated carbocycles. The van der Waals surface area contributed by atoms with Gasteiger partial charge in [-0.25, -0.2) is 0 Å². The Labute approximate surface area is 152 Å². The van der Waals surface area contributed by atoms with E-state index in [2.05, 4.69) is 0 Å². The predicted molar refractivity (Wildman–Crippen MR) is 99.5 cm³/mol. The van der Waals surface area contributed by atoms with Crippen LogP contribution < -0.4 is 9.47 Å². The lowest BCUT2D eigenvalue weighted by atomic mass is 10.1. The van der Waals surface area contributed by atoms with Crippen LogP contribution in [0.5, 0.6) is 23.0 Å². The SMILES string of the molecule is CC(=O)c1ccc(Oc2cccc(Oc3ccc(C(C)=O)cc3)c2)cc1. The highest BCUT2D eigenvalue weighted by Gasteiger charge is 2.04. The van der Waals surface area contributed by atoms with E-state index < -0.39 is 0 Å². The molecule has 0 atom stereocenters. The van der Waals surface area contributed by atoms with Gasteiger partial charge in [-0.1, -0.05) is 6.07 Å². The van der Waals surface area contributed by atoms with Gasteiger partial charge in [0.25, 0.3) is 0 Å². The van der Waals surface area contributed by atoms with Crippen LogP contribution in [0.25, 0.3) is 0 Å². The molecule has 130 valence electrons. The van der Waals surface area contributed by atoms with Crippen LogP contribution in [0.1, 0.15) is 34.6 Å². The number of rotatable bonds is 6. The molecular formula is C22H18O4. The Hall–Kier alpha value is -3.40. The van der Waals surface area contributed by atoms with E-state index >= 15 is 0 Å². The summed E-state index contributed by atoms with van der Waals surface area (Å²) in [7, 11) is 0. The van der Waals surface area contributed by atoms with Crippen LogP contribution in [0.4, 0.5) is 0 Å². The highest BCUT2D eigenvalue weighted by atomic mass is 16.5. The normalized spacial score (nSPS) is 10.2. The van der Waals surface area contributed by atoms with E-state index in [0.717, 1.165) is 0 Å². The third kappa shape index (κ3) is 4.36. The summed E-state index contributed by atoms with van der Waals surface area (Å²) in [5, 5.41) is 0. The van der Waals surface area contributed by atoms with Crippen molar-refractivity contribution in [2.75, 3.05) is 0 Å². The van der Waals surface area contributed by atoms with Gasteiger partial charge >= 0.3 is 0 Å². The van der Waals surface area contributed by atoms with Gasteiger partial charge in [0.05, 0.1) is 0 Å². The molecule has 0 unspecified atom stereocenters. The number of ketones is 2. The zero-order valence-electron chi connectivity index (χ0n) is 14.6. The van der Waals surface area contributed by atoms with Crippen molar-refractivity contribution in [3.63, 3.8) is 0 Å². The van der Waals surface area contributed by atoms with E-state index in [9.17, 15) is 9.59 Å². The van der Waals surface area contributed by atoms with Gasteiger partial charge in [0.2, 0.25) is 0 Å². The Morgan fingerprint density at radius 1 is 0.577 bits per heavy atom. The average molecular weight is 346 g/mol. The molecular weight excluding hydrogens is 328 g/mol. The molecule has 0 fully saturated rings. The standard InChI is InChI=1S/C22H18O4/c1-15(23)17-6-10-19(11-7-17)25-21-4-3-5-22(14-21)26-20-12-8-18(9-13-20)16(2)24/h3-14H,1-2H3. The zero-order chi connectivity index (χ0) is 18.5. The summed E-state index contributed by atoms with van der Waals surface area (Å²) in [6.45, 7) is 3.05. The fourth-order valence-corrected chi connectivity index (χ4v) is 2.39. The maximum Gasteiger partial charge on any atom is 0.159 e. The third-order valence-electron chi connectivity index (χ3n) is 3.80. The van der Waals surface area contributed by atoms with E-state index in [1.165, 1.54) is 13.8 Å². The fourth-order valence-electron chi connectivity index (χ4n) is 2.39. The molecule has 26 heavy (non-hydrogen) atoms. The third-order valence-corrected chi connectivity index (χ3v) is 3.80. The van der Waals surface area contributed by atoms with Crippen molar-refractivity contribution in [1.82, 2.24) is 0 Å². The molecule has 0 bridgehead atoms. The maximum absolute atomic E-state index is 11.3. The molecule has 0 aromatic heterocycles. The summed E-state index contributed by atoms with van der Waals surface area (Å²) in [5.74, 6) is 2.55. The predicted octanol–water partition coefficient (Wildman–Crippen LogP) is 5.68. The van der Waals surface area contributed by atoms with Crippen LogP contribution in [0, 0.1) is 0 Å².